The summed E-state index contributed by atoms with van der Waals surface area (Å²) in [6, 6.07) is 19.1. The molecule has 29 heavy (non-hydrogen) atoms. The van der Waals surface area contributed by atoms with Crippen LogP contribution >= 0.6 is 0 Å². The van der Waals surface area contributed by atoms with E-state index in [-0.39, 0.29) is 0 Å². The number of anilines is 1. The molecule has 4 aromatic rings. The van der Waals surface area contributed by atoms with Crippen LogP contribution in [-0.2, 0) is 6.42 Å². The first kappa shape index (κ1) is 18.6. The fraction of sp³-hybridized carbons (Fsp3) is 0.130. The zero-order chi connectivity index (χ0) is 20.2. The van der Waals surface area contributed by atoms with E-state index in [2.05, 4.69) is 9.97 Å². The molecular weight excluding hydrogens is 366 g/mol. The minimum absolute atomic E-state index is 0.568. The Labute approximate surface area is 168 Å². The van der Waals surface area contributed by atoms with Crippen molar-refractivity contribution in [2.75, 3.05) is 20.0 Å². The van der Waals surface area contributed by atoms with Crippen LogP contribution in [0.25, 0.3) is 10.9 Å². The second-order valence-electron chi connectivity index (χ2n) is 6.53. The molecule has 0 spiro atoms. The highest BCUT2D eigenvalue weighted by molar-refractivity contribution is 5.87. The summed E-state index contributed by atoms with van der Waals surface area (Å²) in [5, 5.41) is 0.919. The Balaban J connectivity index is 1.55. The molecule has 0 bridgehead atoms. The van der Waals surface area contributed by atoms with Gasteiger partial charge in [0.1, 0.15) is 29.3 Å². The Kier molecular flexibility index (Phi) is 5.16. The summed E-state index contributed by atoms with van der Waals surface area (Å²) in [7, 11) is 3.23. The predicted molar refractivity (Wildman–Crippen MR) is 113 cm³/mol. The maximum absolute atomic E-state index is 6.07. The highest BCUT2D eigenvalue weighted by Crippen LogP contribution is 2.29. The van der Waals surface area contributed by atoms with Gasteiger partial charge in [-0.3, -0.25) is 0 Å². The third-order valence-corrected chi connectivity index (χ3v) is 4.64. The third-order valence-electron chi connectivity index (χ3n) is 4.64. The molecule has 146 valence electrons. The van der Waals surface area contributed by atoms with Crippen LogP contribution in [-0.4, -0.2) is 24.2 Å². The van der Waals surface area contributed by atoms with Crippen LogP contribution in [0.3, 0.4) is 0 Å². The molecule has 0 radical (unpaired) electrons. The first-order chi connectivity index (χ1) is 14.2. The maximum atomic E-state index is 6.07. The fourth-order valence-corrected chi connectivity index (χ4v) is 3.14. The Hall–Kier alpha value is -3.80. The molecule has 1 heterocycles. The topological polar surface area (TPSA) is 79.5 Å². The van der Waals surface area contributed by atoms with Gasteiger partial charge in [-0.25, -0.2) is 9.97 Å². The van der Waals surface area contributed by atoms with Crippen LogP contribution < -0.4 is 19.9 Å². The number of rotatable bonds is 6. The number of aromatic nitrogens is 2. The Morgan fingerprint density at radius 2 is 1.62 bits per heavy atom. The van der Waals surface area contributed by atoms with Crippen LogP contribution in [0, 0.1) is 0 Å². The summed E-state index contributed by atoms with van der Waals surface area (Å²) in [6.45, 7) is 0. The van der Waals surface area contributed by atoms with Crippen molar-refractivity contribution in [2.45, 2.75) is 6.42 Å². The lowest BCUT2D eigenvalue weighted by Crippen LogP contribution is -1.98. The minimum Gasteiger partial charge on any atom is -0.497 e. The van der Waals surface area contributed by atoms with Crippen LogP contribution in [0.2, 0.25) is 0 Å². The van der Waals surface area contributed by atoms with Gasteiger partial charge in [-0.05, 0) is 35.9 Å². The zero-order valence-corrected chi connectivity index (χ0v) is 16.3. The van der Waals surface area contributed by atoms with Gasteiger partial charge >= 0.3 is 0 Å². The second kappa shape index (κ2) is 8.06. The number of ether oxygens (including phenoxy) is 3. The molecule has 0 unspecified atom stereocenters. The van der Waals surface area contributed by atoms with Gasteiger partial charge in [0.2, 0.25) is 0 Å². The number of fused-ring (bicyclic) bond motifs is 1. The van der Waals surface area contributed by atoms with Gasteiger partial charge in [-0.2, -0.15) is 0 Å². The van der Waals surface area contributed by atoms with Crippen LogP contribution in [0.5, 0.6) is 23.0 Å². The molecule has 1 aromatic heterocycles. The summed E-state index contributed by atoms with van der Waals surface area (Å²) in [5.74, 6) is 2.85. The van der Waals surface area contributed by atoms with Gasteiger partial charge in [-0.1, -0.05) is 18.2 Å². The average molecular weight is 387 g/mol. The number of methoxy groups -OCH3 is 2. The molecular formula is C23H21N3O3. The lowest BCUT2D eigenvalue weighted by atomic mass is 10.0. The molecule has 0 aliphatic heterocycles. The Bertz CT molecular complexity index is 1140. The first-order valence-corrected chi connectivity index (χ1v) is 9.14. The van der Waals surface area contributed by atoms with E-state index in [1.165, 1.54) is 0 Å². The molecule has 0 aliphatic carbocycles. The van der Waals surface area contributed by atoms with Gasteiger partial charge in [0.05, 0.1) is 31.1 Å². The summed E-state index contributed by atoms with van der Waals surface area (Å²) >= 11 is 0. The van der Waals surface area contributed by atoms with Gasteiger partial charge in [0, 0.05) is 23.9 Å². The van der Waals surface area contributed by atoms with Crippen molar-refractivity contribution in [1.29, 1.82) is 0 Å². The molecule has 0 amide bonds. The number of benzene rings is 3. The van der Waals surface area contributed by atoms with Crippen molar-refractivity contribution in [3.8, 4) is 23.0 Å². The van der Waals surface area contributed by atoms with Crippen molar-refractivity contribution in [2.24, 2.45) is 0 Å². The molecule has 3 aromatic carbocycles. The number of nitrogen functional groups attached to an aromatic ring is 1. The monoisotopic (exact) mass is 387 g/mol. The number of hydrogen-bond donors (Lipinski definition) is 1. The van der Waals surface area contributed by atoms with Crippen LogP contribution in [0.1, 0.15) is 11.3 Å². The van der Waals surface area contributed by atoms with Crippen LogP contribution in [0.4, 0.5) is 5.69 Å². The SMILES string of the molecule is COc1cccc(Oc2ccc(Cc3ncnc4cc(OC)c(N)cc34)cc2)c1. The van der Waals surface area contributed by atoms with Crippen molar-refractivity contribution in [1.82, 2.24) is 9.97 Å². The van der Waals surface area contributed by atoms with E-state index in [0.29, 0.717) is 17.9 Å². The lowest BCUT2D eigenvalue weighted by Gasteiger charge is -2.10. The summed E-state index contributed by atoms with van der Waals surface area (Å²) in [6.07, 6.45) is 2.22. The van der Waals surface area contributed by atoms with Crippen molar-refractivity contribution in [3.05, 3.63) is 78.2 Å². The smallest absolute Gasteiger partial charge is 0.143 e. The lowest BCUT2D eigenvalue weighted by molar-refractivity contribution is 0.409. The van der Waals surface area contributed by atoms with E-state index >= 15 is 0 Å². The summed E-state index contributed by atoms with van der Waals surface area (Å²) < 4.78 is 16.4. The standard InChI is InChI=1S/C23H21N3O3/c1-27-17-4-3-5-18(11-17)29-16-8-6-15(7-9-16)10-21-19-12-20(24)23(28-2)13-22(19)26-14-25-21/h3-9,11-14H,10,24H2,1-2H3. The van der Waals surface area contributed by atoms with Gasteiger partial charge in [-0.15, -0.1) is 0 Å². The number of nitrogens with two attached hydrogens (primary N) is 1. The molecule has 0 fully saturated rings. The molecule has 0 saturated heterocycles. The highest BCUT2D eigenvalue weighted by atomic mass is 16.5. The largest absolute Gasteiger partial charge is 0.497 e. The van der Waals surface area contributed by atoms with E-state index in [4.69, 9.17) is 19.9 Å². The first-order valence-electron chi connectivity index (χ1n) is 9.14. The number of nitrogens with zero attached hydrogens (tertiary/aromatic N) is 2. The minimum atomic E-state index is 0.568. The van der Waals surface area contributed by atoms with E-state index < -0.39 is 0 Å². The third kappa shape index (κ3) is 4.06. The van der Waals surface area contributed by atoms with E-state index in [1.807, 2.05) is 60.7 Å². The normalized spacial score (nSPS) is 10.7. The van der Waals surface area contributed by atoms with E-state index in [0.717, 1.165) is 39.4 Å². The van der Waals surface area contributed by atoms with Crippen molar-refractivity contribution >= 4 is 16.6 Å². The van der Waals surface area contributed by atoms with Crippen molar-refractivity contribution < 1.29 is 14.2 Å². The molecule has 6 nitrogen and oxygen atoms in total. The Morgan fingerprint density at radius 1 is 0.828 bits per heavy atom. The summed E-state index contributed by atoms with van der Waals surface area (Å²) in [5.41, 5.74) is 9.46. The Morgan fingerprint density at radius 3 is 2.38 bits per heavy atom. The molecule has 2 N–H and O–H groups in total. The molecule has 0 aliphatic rings. The highest BCUT2D eigenvalue weighted by Gasteiger charge is 2.09. The van der Waals surface area contributed by atoms with Gasteiger partial charge in [0.15, 0.2) is 0 Å². The number of hydrogen-bond acceptors (Lipinski definition) is 6. The molecule has 0 atom stereocenters. The van der Waals surface area contributed by atoms with E-state index in [1.54, 1.807) is 20.5 Å². The van der Waals surface area contributed by atoms with E-state index in [9.17, 15) is 0 Å². The van der Waals surface area contributed by atoms with Crippen molar-refractivity contribution in [3.63, 3.8) is 0 Å². The molecule has 4 rings (SSSR count). The molecule has 0 saturated carbocycles. The predicted octanol–water partition coefficient (Wildman–Crippen LogP) is 4.61. The second-order valence-corrected chi connectivity index (χ2v) is 6.53. The van der Waals surface area contributed by atoms with Gasteiger partial charge in [0.25, 0.3) is 0 Å². The average Bonchev–Trinajstić information content (AvgIpc) is 2.75. The maximum Gasteiger partial charge on any atom is 0.143 e. The van der Waals surface area contributed by atoms with Gasteiger partial charge < -0.3 is 19.9 Å². The zero-order valence-electron chi connectivity index (χ0n) is 16.3. The molecule has 6 heteroatoms. The summed E-state index contributed by atoms with van der Waals surface area (Å²) in [4.78, 5) is 8.79. The fourth-order valence-electron chi connectivity index (χ4n) is 3.14. The van der Waals surface area contributed by atoms with Crippen LogP contribution in [0.15, 0.2) is 67.0 Å². The quantitative estimate of drug-likeness (QED) is 0.487.